The van der Waals surface area contributed by atoms with Crippen LogP contribution in [0.1, 0.15) is 0 Å². The number of aliphatic carboxylic acids is 2. The molecule has 6 N–H and O–H groups in total. The minimum Gasteiger partial charge on any atom is -0.481 e. The molecule has 16 heavy (non-hydrogen) atoms. The minimum atomic E-state index is -1.55. The Bertz CT molecular complexity index is 253. The highest BCUT2D eigenvalue weighted by atomic mass is 32.1. The highest BCUT2D eigenvalue weighted by Gasteiger charge is 2.47. The average Bonchev–Trinajstić information content (AvgIpc) is 2.18. The van der Waals surface area contributed by atoms with E-state index in [2.05, 4.69) is 25.3 Å². The molecule has 0 aliphatic carbocycles. The van der Waals surface area contributed by atoms with Crippen LogP contribution in [0.15, 0.2) is 0 Å². The molecule has 0 amide bonds. The maximum atomic E-state index is 11.0. The Morgan fingerprint density at radius 3 is 1.56 bits per heavy atom. The Labute approximate surface area is 104 Å². The minimum absolute atomic E-state index is 0.0827. The number of thiol groups is 2. The van der Waals surface area contributed by atoms with Crippen molar-refractivity contribution in [2.24, 2.45) is 23.3 Å². The number of hydrogen-bond acceptors (Lipinski definition) is 6. The number of nitrogens with two attached hydrogens (primary N) is 2. The summed E-state index contributed by atoms with van der Waals surface area (Å²) in [6.07, 6.45) is 0. The first-order valence-electron chi connectivity index (χ1n) is 4.51. The van der Waals surface area contributed by atoms with E-state index in [4.69, 9.17) is 21.7 Å². The van der Waals surface area contributed by atoms with Gasteiger partial charge in [0.15, 0.2) is 0 Å². The molecule has 0 aliphatic rings. The van der Waals surface area contributed by atoms with Crippen LogP contribution in [0.25, 0.3) is 0 Å². The summed E-state index contributed by atoms with van der Waals surface area (Å²) >= 11 is 7.74. The van der Waals surface area contributed by atoms with E-state index in [1.54, 1.807) is 0 Å². The van der Waals surface area contributed by atoms with E-state index >= 15 is 0 Å². The van der Waals surface area contributed by atoms with Crippen LogP contribution in [0.2, 0.25) is 0 Å². The molecule has 0 heterocycles. The molecule has 2 atom stereocenters. The van der Waals surface area contributed by atoms with Crippen molar-refractivity contribution >= 4 is 37.2 Å². The third-order valence-electron chi connectivity index (χ3n) is 2.61. The van der Waals surface area contributed by atoms with Crippen molar-refractivity contribution in [1.29, 1.82) is 0 Å². The van der Waals surface area contributed by atoms with Gasteiger partial charge in [-0.1, -0.05) is 0 Å². The van der Waals surface area contributed by atoms with Gasteiger partial charge in [-0.15, -0.1) is 0 Å². The lowest BCUT2D eigenvalue weighted by Gasteiger charge is -2.37. The van der Waals surface area contributed by atoms with Gasteiger partial charge in [0, 0.05) is 18.1 Å². The summed E-state index contributed by atoms with van der Waals surface area (Å²) in [7, 11) is 0. The normalized spacial score (nSPS) is 18.5. The molecule has 0 radical (unpaired) electrons. The fourth-order valence-corrected chi connectivity index (χ4v) is 2.48. The topological polar surface area (TPSA) is 127 Å². The molecule has 0 aromatic rings. The maximum Gasteiger partial charge on any atom is 0.309 e. The number of rotatable bonds is 7. The fourth-order valence-electron chi connectivity index (χ4n) is 1.48. The molecule has 94 valence electrons. The SMILES string of the molecule is NCC(N)(C(CS)C(=O)O)C(CS)C(=O)O. The first kappa shape index (κ1) is 15.6. The Kier molecular flexibility index (Phi) is 6.16. The molecule has 0 saturated heterocycles. The second-order valence-electron chi connectivity index (χ2n) is 3.46. The Morgan fingerprint density at radius 2 is 1.44 bits per heavy atom. The van der Waals surface area contributed by atoms with Gasteiger partial charge in [-0.05, 0) is 0 Å². The summed E-state index contributed by atoms with van der Waals surface area (Å²) in [5, 5.41) is 17.9. The molecule has 0 spiro atoms. The van der Waals surface area contributed by atoms with Crippen molar-refractivity contribution in [1.82, 2.24) is 0 Å². The van der Waals surface area contributed by atoms with E-state index in [1.165, 1.54) is 0 Å². The van der Waals surface area contributed by atoms with Crippen LogP contribution in [0.4, 0.5) is 0 Å². The van der Waals surface area contributed by atoms with E-state index in [0.717, 1.165) is 0 Å². The molecule has 8 heteroatoms. The number of hydrogen-bond donors (Lipinski definition) is 6. The van der Waals surface area contributed by atoms with Crippen LogP contribution in [0.3, 0.4) is 0 Å². The van der Waals surface area contributed by atoms with Gasteiger partial charge < -0.3 is 21.7 Å². The first-order valence-corrected chi connectivity index (χ1v) is 5.77. The Hall–Kier alpha value is -0.440. The van der Waals surface area contributed by atoms with Crippen LogP contribution < -0.4 is 11.5 Å². The molecule has 0 saturated carbocycles. The van der Waals surface area contributed by atoms with Crippen molar-refractivity contribution in [3.8, 4) is 0 Å². The lowest BCUT2D eigenvalue weighted by molar-refractivity contribution is -0.148. The third kappa shape index (κ3) is 3.03. The van der Waals surface area contributed by atoms with Gasteiger partial charge in [-0.3, -0.25) is 9.59 Å². The van der Waals surface area contributed by atoms with Gasteiger partial charge in [-0.25, -0.2) is 0 Å². The summed E-state index contributed by atoms with van der Waals surface area (Å²) in [6, 6.07) is 0. The molecular weight excluding hydrogens is 252 g/mol. The van der Waals surface area contributed by atoms with Crippen LogP contribution in [0, 0.1) is 11.8 Å². The van der Waals surface area contributed by atoms with Crippen molar-refractivity contribution in [3.63, 3.8) is 0 Å². The van der Waals surface area contributed by atoms with Crippen LogP contribution in [0.5, 0.6) is 0 Å². The molecule has 0 aliphatic heterocycles. The Morgan fingerprint density at radius 1 is 1.12 bits per heavy atom. The summed E-state index contributed by atoms with van der Waals surface area (Å²) in [6.45, 7) is -0.262. The van der Waals surface area contributed by atoms with E-state index in [1.807, 2.05) is 0 Å². The molecule has 6 nitrogen and oxygen atoms in total. The predicted octanol–water partition coefficient (Wildman–Crippen LogP) is -1.10. The standard InChI is InChI=1S/C8H16N2O4S2/c9-3-8(10,4(1-15)6(11)12)5(2-16)7(13)14/h4-5,15-16H,1-3,9-10H2,(H,11,12)(H,13,14). The second-order valence-corrected chi connectivity index (χ2v) is 4.19. The smallest absolute Gasteiger partial charge is 0.309 e. The van der Waals surface area contributed by atoms with Gasteiger partial charge in [0.1, 0.15) is 0 Å². The van der Waals surface area contributed by atoms with Gasteiger partial charge >= 0.3 is 11.9 Å². The quantitative estimate of drug-likeness (QED) is 0.326. The molecular formula is C8H16N2O4S2. The lowest BCUT2D eigenvalue weighted by Crippen LogP contribution is -2.63. The lowest BCUT2D eigenvalue weighted by atomic mass is 9.76. The van der Waals surface area contributed by atoms with Crippen LogP contribution >= 0.6 is 25.3 Å². The van der Waals surface area contributed by atoms with Crippen molar-refractivity contribution in [2.75, 3.05) is 18.1 Å². The van der Waals surface area contributed by atoms with E-state index in [0.29, 0.717) is 0 Å². The zero-order valence-electron chi connectivity index (χ0n) is 8.54. The molecule has 0 fully saturated rings. The predicted molar refractivity (Wildman–Crippen MR) is 65.9 cm³/mol. The summed E-state index contributed by atoms with van der Waals surface area (Å²) < 4.78 is 0. The molecule has 0 aromatic heterocycles. The van der Waals surface area contributed by atoms with E-state index in [-0.39, 0.29) is 18.1 Å². The molecule has 0 bridgehead atoms. The van der Waals surface area contributed by atoms with Crippen molar-refractivity contribution in [2.45, 2.75) is 5.54 Å². The fraction of sp³-hybridized carbons (Fsp3) is 0.750. The van der Waals surface area contributed by atoms with Gasteiger partial charge in [-0.2, -0.15) is 25.3 Å². The van der Waals surface area contributed by atoms with Gasteiger partial charge in [0.05, 0.1) is 17.4 Å². The highest BCUT2D eigenvalue weighted by Crippen LogP contribution is 2.26. The number of carboxylic acid groups (broad SMARTS) is 2. The summed E-state index contributed by atoms with van der Waals surface area (Å²) in [4.78, 5) is 22.0. The maximum absolute atomic E-state index is 11.0. The zero-order valence-corrected chi connectivity index (χ0v) is 10.3. The summed E-state index contributed by atoms with van der Waals surface area (Å²) in [5.41, 5.74) is 9.69. The third-order valence-corrected chi connectivity index (χ3v) is 3.34. The van der Waals surface area contributed by atoms with Crippen LogP contribution in [-0.4, -0.2) is 45.7 Å². The van der Waals surface area contributed by atoms with E-state index in [9.17, 15) is 9.59 Å². The largest absolute Gasteiger partial charge is 0.481 e. The van der Waals surface area contributed by atoms with Gasteiger partial charge in [0.2, 0.25) is 0 Å². The highest BCUT2D eigenvalue weighted by molar-refractivity contribution is 7.80. The number of carbonyl (C=O) groups is 2. The van der Waals surface area contributed by atoms with E-state index < -0.39 is 29.3 Å². The molecule has 0 aromatic carbocycles. The van der Waals surface area contributed by atoms with Crippen molar-refractivity contribution < 1.29 is 19.8 Å². The molecule has 0 rings (SSSR count). The first-order chi connectivity index (χ1) is 7.34. The average molecular weight is 268 g/mol. The molecule has 2 unspecified atom stereocenters. The summed E-state index contributed by atoms with van der Waals surface area (Å²) in [5.74, 6) is -4.85. The number of carboxylic acids is 2. The van der Waals surface area contributed by atoms with Crippen LogP contribution in [-0.2, 0) is 9.59 Å². The van der Waals surface area contributed by atoms with Crippen molar-refractivity contribution in [3.05, 3.63) is 0 Å². The monoisotopic (exact) mass is 268 g/mol. The second kappa shape index (κ2) is 6.33. The van der Waals surface area contributed by atoms with Gasteiger partial charge in [0.25, 0.3) is 0 Å². The Balaban J connectivity index is 5.28. The zero-order chi connectivity index (χ0) is 12.9.